The zero-order valence-corrected chi connectivity index (χ0v) is 12.7. The zero-order chi connectivity index (χ0) is 14.8. The molecule has 0 bridgehead atoms. The molecule has 1 saturated heterocycles. The van der Waals surface area contributed by atoms with Crippen molar-refractivity contribution in [3.8, 4) is 0 Å². The minimum absolute atomic E-state index is 0.358. The summed E-state index contributed by atoms with van der Waals surface area (Å²) >= 11 is 0. The van der Waals surface area contributed by atoms with Crippen molar-refractivity contribution in [2.45, 2.75) is 40.0 Å². The summed E-state index contributed by atoms with van der Waals surface area (Å²) in [5.41, 5.74) is 1.88. The normalized spacial score (nSPS) is 20.6. The summed E-state index contributed by atoms with van der Waals surface area (Å²) in [4.78, 5) is 13.3. The van der Waals surface area contributed by atoms with Gasteiger partial charge in [-0.05, 0) is 54.9 Å². The second-order valence-electron chi connectivity index (χ2n) is 6.83. The van der Waals surface area contributed by atoms with Gasteiger partial charge < -0.3 is 10.0 Å². The summed E-state index contributed by atoms with van der Waals surface area (Å²) in [7, 11) is 0. The quantitative estimate of drug-likeness (QED) is 0.885. The van der Waals surface area contributed by atoms with E-state index in [0.717, 1.165) is 24.7 Å². The van der Waals surface area contributed by atoms with E-state index in [4.69, 9.17) is 5.11 Å². The van der Waals surface area contributed by atoms with Crippen LogP contribution in [-0.2, 0) is 0 Å². The summed E-state index contributed by atoms with van der Waals surface area (Å²) in [6, 6.07) is 7.26. The number of aromatic carboxylic acids is 1. The summed E-state index contributed by atoms with van der Waals surface area (Å²) in [6.45, 7) is 9.12. The molecule has 1 fully saturated rings. The Balaban J connectivity index is 2.05. The molecular weight excluding hydrogens is 250 g/mol. The molecule has 1 unspecified atom stereocenters. The van der Waals surface area contributed by atoms with Crippen LogP contribution in [0.15, 0.2) is 24.3 Å². The van der Waals surface area contributed by atoms with Gasteiger partial charge in [-0.2, -0.15) is 0 Å². The number of carboxylic acids is 1. The standard InChI is InChI=1S/C17H25NO2/c1-17(2,3)14-5-4-11-18(12-10-14)15-8-6-13(7-9-15)16(19)20/h6-9,14H,4-5,10-12H2,1-3H3,(H,19,20). The fourth-order valence-corrected chi connectivity index (χ4v) is 3.04. The van der Waals surface area contributed by atoms with Crippen LogP contribution in [0.5, 0.6) is 0 Å². The zero-order valence-electron chi connectivity index (χ0n) is 12.7. The van der Waals surface area contributed by atoms with E-state index in [9.17, 15) is 4.79 Å². The Bertz CT molecular complexity index is 459. The van der Waals surface area contributed by atoms with Gasteiger partial charge in [0, 0.05) is 18.8 Å². The maximum Gasteiger partial charge on any atom is 0.335 e. The number of hydrogen-bond donors (Lipinski definition) is 1. The van der Waals surface area contributed by atoms with E-state index in [1.807, 2.05) is 12.1 Å². The number of benzene rings is 1. The number of hydrogen-bond acceptors (Lipinski definition) is 2. The van der Waals surface area contributed by atoms with E-state index in [1.54, 1.807) is 12.1 Å². The van der Waals surface area contributed by atoms with Crippen molar-refractivity contribution in [2.75, 3.05) is 18.0 Å². The summed E-state index contributed by atoms with van der Waals surface area (Å²) in [6.07, 6.45) is 3.71. The molecule has 0 saturated carbocycles. The molecule has 1 aliphatic rings. The minimum atomic E-state index is -0.861. The Morgan fingerprint density at radius 3 is 2.35 bits per heavy atom. The van der Waals surface area contributed by atoms with Gasteiger partial charge in [-0.3, -0.25) is 0 Å². The molecular formula is C17H25NO2. The van der Waals surface area contributed by atoms with Crippen molar-refractivity contribution >= 4 is 11.7 Å². The van der Waals surface area contributed by atoms with Crippen molar-refractivity contribution in [3.05, 3.63) is 29.8 Å². The van der Waals surface area contributed by atoms with Crippen LogP contribution in [0.1, 0.15) is 50.4 Å². The Hall–Kier alpha value is -1.51. The fraction of sp³-hybridized carbons (Fsp3) is 0.588. The lowest BCUT2D eigenvalue weighted by Crippen LogP contribution is -2.26. The summed E-state index contributed by atoms with van der Waals surface area (Å²) < 4.78 is 0. The summed E-state index contributed by atoms with van der Waals surface area (Å²) in [5.74, 6) is -0.0917. The third-order valence-electron chi connectivity index (χ3n) is 4.43. The second kappa shape index (κ2) is 5.86. The fourth-order valence-electron chi connectivity index (χ4n) is 3.04. The van der Waals surface area contributed by atoms with Gasteiger partial charge in [0.15, 0.2) is 0 Å². The smallest absolute Gasteiger partial charge is 0.335 e. The largest absolute Gasteiger partial charge is 0.478 e. The average Bonchev–Trinajstić information content (AvgIpc) is 2.64. The highest BCUT2D eigenvalue weighted by molar-refractivity contribution is 5.88. The third kappa shape index (κ3) is 3.53. The molecule has 0 radical (unpaired) electrons. The number of nitrogens with zero attached hydrogens (tertiary/aromatic N) is 1. The molecule has 3 heteroatoms. The van der Waals surface area contributed by atoms with E-state index >= 15 is 0 Å². The molecule has 1 aliphatic heterocycles. The van der Waals surface area contributed by atoms with Gasteiger partial charge in [-0.25, -0.2) is 4.79 Å². The first kappa shape index (κ1) is 14.9. The van der Waals surface area contributed by atoms with E-state index in [2.05, 4.69) is 25.7 Å². The Labute approximate surface area is 121 Å². The predicted octanol–water partition coefficient (Wildman–Crippen LogP) is 4.04. The van der Waals surface area contributed by atoms with E-state index in [0.29, 0.717) is 11.0 Å². The van der Waals surface area contributed by atoms with E-state index in [1.165, 1.54) is 19.3 Å². The maximum absolute atomic E-state index is 10.9. The number of rotatable bonds is 2. The first-order valence-electron chi connectivity index (χ1n) is 7.46. The van der Waals surface area contributed by atoms with Gasteiger partial charge in [0.2, 0.25) is 0 Å². The average molecular weight is 275 g/mol. The molecule has 0 spiro atoms. The van der Waals surface area contributed by atoms with Gasteiger partial charge in [-0.1, -0.05) is 20.8 Å². The molecule has 0 aromatic heterocycles. The first-order valence-corrected chi connectivity index (χ1v) is 7.46. The van der Waals surface area contributed by atoms with Crippen LogP contribution in [0, 0.1) is 11.3 Å². The van der Waals surface area contributed by atoms with Crippen LogP contribution < -0.4 is 4.90 Å². The highest BCUT2D eigenvalue weighted by Gasteiger charge is 2.27. The van der Waals surface area contributed by atoms with Crippen LogP contribution in [-0.4, -0.2) is 24.2 Å². The molecule has 0 amide bonds. The Morgan fingerprint density at radius 2 is 1.80 bits per heavy atom. The monoisotopic (exact) mass is 275 g/mol. The van der Waals surface area contributed by atoms with Crippen molar-refractivity contribution in [1.82, 2.24) is 0 Å². The molecule has 0 aliphatic carbocycles. The minimum Gasteiger partial charge on any atom is -0.478 e. The molecule has 1 aromatic carbocycles. The number of carbonyl (C=O) groups is 1. The van der Waals surface area contributed by atoms with E-state index < -0.39 is 5.97 Å². The summed E-state index contributed by atoms with van der Waals surface area (Å²) in [5, 5.41) is 8.94. The van der Waals surface area contributed by atoms with Crippen LogP contribution >= 0.6 is 0 Å². The molecule has 20 heavy (non-hydrogen) atoms. The molecule has 3 nitrogen and oxygen atoms in total. The lowest BCUT2D eigenvalue weighted by molar-refractivity contribution is 0.0697. The number of carboxylic acid groups (broad SMARTS) is 1. The van der Waals surface area contributed by atoms with E-state index in [-0.39, 0.29) is 0 Å². The first-order chi connectivity index (χ1) is 9.38. The van der Waals surface area contributed by atoms with Gasteiger partial charge in [0.05, 0.1) is 5.56 Å². The Kier molecular flexibility index (Phi) is 4.36. The van der Waals surface area contributed by atoms with Crippen molar-refractivity contribution in [1.29, 1.82) is 0 Å². The maximum atomic E-state index is 10.9. The van der Waals surface area contributed by atoms with Crippen molar-refractivity contribution in [2.24, 2.45) is 11.3 Å². The lowest BCUT2D eigenvalue weighted by atomic mass is 9.77. The van der Waals surface area contributed by atoms with Crippen molar-refractivity contribution < 1.29 is 9.90 Å². The molecule has 1 heterocycles. The van der Waals surface area contributed by atoms with Gasteiger partial charge in [-0.15, -0.1) is 0 Å². The third-order valence-corrected chi connectivity index (χ3v) is 4.43. The molecule has 2 rings (SSSR count). The van der Waals surface area contributed by atoms with Gasteiger partial charge >= 0.3 is 5.97 Å². The van der Waals surface area contributed by atoms with Crippen molar-refractivity contribution in [3.63, 3.8) is 0 Å². The second-order valence-corrected chi connectivity index (χ2v) is 6.83. The van der Waals surface area contributed by atoms with Crippen LogP contribution in [0.25, 0.3) is 0 Å². The van der Waals surface area contributed by atoms with Gasteiger partial charge in [0.1, 0.15) is 0 Å². The molecule has 110 valence electrons. The topological polar surface area (TPSA) is 40.5 Å². The molecule has 1 aromatic rings. The highest BCUT2D eigenvalue weighted by atomic mass is 16.4. The van der Waals surface area contributed by atoms with Gasteiger partial charge in [0.25, 0.3) is 0 Å². The molecule has 1 atom stereocenters. The number of anilines is 1. The predicted molar refractivity (Wildman–Crippen MR) is 82.4 cm³/mol. The highest BCUT2D eigenvalue weighted by Crippen LogP contribution is 2.35. The van der Waals surface area contributed by atoms with Crippen LogP contribution in [0.3, 0.4) is 0 Å². The lowest BCUT2D eigenvalue weighted by Gasteiger charge is -2.30. The molecule has 1 N–H and O–H groups in total. The van der Waals surface area contributed by atoms with Crippen LogP contribution in [0.4, 0.5) is 5.69 Å². The Morgan fingerprint density at radius 1 is 1.15 bits per heavy atom. The SMILES string of the molecule is CC(C)(C)C1CCCN(c2ccc(C(=O)O)cc2)CC1. The van der Waals surface area contributed by atoms with Crippen LogP contribution in [0.2, 0.25) is 0 Å².